The Kier molecular flexibility index (Phi) is 8.07. The summed E-state index contributed by atoms with van der Waals surface area (Å²) < 4.78 is 16.3. The minimum Gasteiger partial charge on any atom is -0.504 e. The van der Waals surface area contributed by atoms with Crippen LogP contribution in [0.15, 0.2) is 36.4 Å². The van der Waals surface area contributed by atoms with E-state index in [0.717, 1.165) is 28.7 Å². The molecule has 0 aliphatic carbocycles. The standard InChI is InChI=1S/C26H34O8/c1-5-16-7-8-17(12-18(16)10-15-6-9-19(27)20(28)11-15)22-13-21(29)24(30)23(33-22)14-32-25(31)34-26(2,3)4/h6-9,11-12,21-24,27-30H,5,10,13-14H2,1-4H3/t21-,22-,23-,24+/m1/s1. The highest BCUT2D eigenvalue weighted by Crippen LogP contribution is 2.34. The minimum atomic E-state index is -1.20. The van der Waals surface area contributed by atoms with Gasteiger partial charge in [-0.15, -0.1) is 0 Å². The van der Waals surface area contributed by atoms with Crippen molar-refractivity contribution in [1.29, 1.82) is 0 Å². The van der Waals surface area contributed by atoms with Gasteiger partial charge >= 0.3 is 6.16 Å². The summed E-state index contributed by atoms with van der Waals surface area (Å²) in [6.07, 6.45) is -3.01. The van der Waals surface area contributed by atoms with Crippen molar-refractivity contribution in [2.75, 3.05) is 6.61 Å². The third-order valence-electron chi connectivity index (χ3n) is 5.74. The van der Waals surface area contributed by atoms with E-state index < -0.39 is 36.2 Å². The highest BCUT2D eigenvalue weighted by atomic mass is 16.7. The second-order valence-electron chi connectivity index (χ2n) is 9.61. The summed E-state index contributed by atoms with van der Waals surface area (Å²) in [5.74, 6) is -0.344. The lowest BCUT2D eigenvalue weighted by Gasteiger charge is -2.37. The summed E-state index contributed by atoms with van der Waals surface area (Å²) in [4.78, 5) is 11.9. The van der Waals surface area contributed by atoms with Crippen molar-refractivity contribution in [2.24, 2.45) is 0 Å². The molecule has 0 saturated carbocycles. The van der Waals surface area contributed by atoms with Crippen molar-refractivity contribution >= 4 is 6.16 Å². The summed E-state index contributed by atoms with van der Waals surface area (Å²) in [5, 5.41) is 40.2. The fourth-order valence-corrected chi connectivity index (χ4v) is 3.99. The average Bonchev–Trinajstić information content (AvgIpc) is 2.76. The first-order valence-corrected chi connectivity index (χ1v) is 11.5. The molecule has 4 N–H and O–H groups in total. The van der Waals surface area contributed by atoms with Crippen LogP contribution in [0, 0.1) is 0 Å². The number of rotatable bonds is 6. The lowest BCUT2D eigenvalue weighted by atomic mass is 9.90. The molecule has 1 aliphatic rings. The molecule has 0 aromatic heterocycles. The van der Waals surface area contributed by atoms with Gasteiger partial charge in [-0.1, -0.05) is 31.2 Å². The summed E-state index contributed by atoms with van der Waals surface area (Å²) in [7, 11) is 0. The van der Waals surface area contributed by atoms with Crippen LogP contribution in [0.4, 0.5) is 4.79 Å². The zero-order valence-corrected chi connectivity index (χ0v) is 20.0. The Labute approximate surface area is 199 Å². The second-order valence-corrected chi connectivity index (χ2v) is 9.61. The normalized spacial score (nSPS) is 22.9. The van der Waals surface area contributed by atoms with Crippen LogP contribution < -0.4 is 0 Å². The zero-order valence-electron chi connectivity index (χ0n) is 20.0. The highest BCUT2D eigenvalue weighted by molar-refractivity contribution is 5.60. The molecule has 0 unspecified atom stereocenters. The van der Waals surface area contributed by atoms with E-state index in [1.54, 1.807) is 26.8 Å². The molecule has 1 fully saturated rings. The number of ether oxygens (including phenoxy) is 3. The number of aryl methyl sites for hydroxylation is 1. The van der Waals surface area contributed by atoms with Gasteiger partial charge in [0.15, 0.2) is 11.5 Å². The van der Waals surface area contributed by atoms with Gasteiger partial charge in [-0.25, -0.2) is 4.79 Å². The summed E-state index contributed by atoms with van der Waals surface area (Å²) in [6.45, 7) is 6.95. The number of aliphatic hydroxyl groups excluding tert-OH is 2. The molecule has 1 heterocycles. The van der Waals surface area contributed by atoms with Gasteiger partial charge in [-0.2, -0.15) is 0 Å². The first kappa shape index (κ1) is 25.8. The number of hydrogen-bond acceptors (Lipinski definition) is 8. The number of aromatic hydroxyl groups is 2. The van der Waals surface area contributed by atoms with Gasteiger partial charge in [0.2, 0.25) is 0 Å². The van der Waals surface area contributed by atoms with E-state index >= 15 is 0 Å². The van der Waals surface area contributed by atoms with Crippen LogP contribution in [-0.2, 0) is 27.1 Å². The Hall–Kier alpha value is -2.81. The summed E-state index contributed by atoms with van der Waals surface area (Å²) >= 11 is 0. The van der Waals surface area contributed by atoms with Gasteiger partial charge in [0.1, 0.15) is 24.4 Å². The van der Waals surface area contributed by atoms with Crippen LogP contribution in [0.1, 0.15) is 62.5 Å². The number of aliphatic hydroxyl groups is 2. The molecule has 0 radical (unpaired) electrons. The molecule has 2 aromatic carbocycles. The fourth-order valence-electron chi connectivity index (χ4n) is 3.99. The molecule has 0 bridgehead atoms. The predicted octanol–water partition coefficient (Wildman–Crippen LogP) is 3.75. The van der Waals surface area contributed by atoms with Crippen LogP contribution in [-0.4, -0.2) is 57.1 Å². The lowest BCUT2D eigenvalue weighted by Crippen LogP contribution is -2.48. The lowest BCUT2D eigenvalue weighted by molar-refractivity contribution is -0.184. The molecule has 8 nitrogen and oxygen atoms in total. The Morgan fingerprint density at radius 3 is 2.44 bits per heavy atom. The maximum Gasteiger partial charge on any atom is 0.508 e. The van der Waals surface area contributed by atoms with Crippen molar-refractivity contribution in [3.8, 4) is 11.5 Å². The molecule has 186 valence electrons. The van der Waals surface area contributed by atoms with E-state index in [2.05, 4.69) is 0 Å². The topological polar surface area (TPSA) is 126 Å². The molecule has 2 aromatic rings. The smallest absolute Gasteiger partial charge is 0.504 e. The van der Waals surface area contributed by atoms with Crippen LogP contribution in [0.3, 0.4) is 0 Å². The quantitative estimate of drug-likeness (QED) is 0.368. The number of benzene rings is 2. The summed E-state index contributed by atoms with van der Waals surface area (Å²) in [5.41, 5.74) is 3.10. The number of carbonyl (C=O) groups is 1. The van der Waals surface area contributed by atoms with E-state index in [1.807, 2.05) is 25.1 Å². The predicted molar refractivity (Wildman–Crippen MR) is 125 cm³/mol. The van der Waals surface area contributed by atoms with Crippen LogP contribution in [0.5, 0.6) is 11.5 Å². The molecular formula is C26H34O8. The molecular weight excluding hydrogens is 440 g/mol. The van der Waals surface area contributed by atoms with Crippen molar-refractivity contribution in [1.82, 2.24) is 0 Å². The molecule has 34 heavy (non-hydrogen) atoms. The van der Waals surface area contributed by atoms with Gasteiger partial charge < -0.3 is 34.6 Å². The van der Waals surface area contributed by atoms with Crippen molar-refractivity contribution < 1.29 is 39.4 Å². The average molecular weight is 475 g/mol. The monoisotopic (exact) mass is 474 g/mol. The van der Waals surface area contributed by atoms with Gasteiger partial charge in [0, 0.05) is 6.42 Å². The second kappa shape index (κ2) is 10.6. The largest absolute Gasteiger partial charge is 0.508 e. The number of phenolic OH excluding ortho intramolecular Hbond substituents is 2. The van der Waals surface area contributed by atoms with Gasteiger partial charge in [0.25, 0.3) is 0 Å². The Bertz CT molecular complexity index is 997. The molecule has 8 heteroatoms. The minimum absolute atomic E-state index is 0.170. The number of hydrogen-bond donors (Lipinski definition) is 4. The molecule has 0 amide bonds. The number of phenols is 2. The van der Waals surface area contributed by atoms with E-state index in [4.69, 9.17) is 14.2 Å². The van der Waals surface area contributed by atoms with Crippen LogP contribution in [0.2, 0.25) is 0 Å². The van der Waals surface area contributed by atoms with E-state index in [-0.39, 0.29) is 24.5 Å². The van der Waals surface area contributed by atoms with Gasteiger partial charge in [-0.05, 0) is 68.0 Å². The maximum atomic E-state index is 11.9. The Morgan fingerprint density at radius 2 is 1.79 bits per heavy atom. The van der Waals surface area contributed by atoms with Crippen LogP contribution in [0.25, 0.3) is 0 Å². The van der Waals surface area contributed by atoms with Crippen molar-refractivity contribution in [2.45, 2.75) is 77.0 Å². The van der Waals surface area contributed by atoms with E-state index in [1.165, 1.54) is 12.1 Å². The maximum absolute atomic E-state index is 11.9. The van der Waals surface area contributed by atoms with Crippen molar-refractivity contribution in [3.63, 3.8) is 0 Å². The van der Waals surface area contributed by atoms with Crippen molar-refractivity contribution in [3.05, 3.63) is 58.7 Å². The van der Waals surface area contributed by atoms with Gasteiger partial charge in [0.05, 0.1) is 12.2 Å². The van der Waals surface area contributed by atoms with E-state index in [9.17, 15) is 25.2 Å². The third kappa shape index (κ3) is 6.62. The fraction of sp³-hybridized carbons (Fsp3) is 0.500. The Balaban J connectivity index is 1.76. The molecule has 3 rings (SSSR count). The first-order valence-electron chi connectivity index (χ1n) is 11.5. The Morgan fingerprint density at radius 1 is 1.06 bits per heavy atom. The SMILES string of the molecule is CCc1ccc([C@H]2C[C@@H](O)[C@H](O)[C@@H](COC(=O)OC(C)(C)C)O2)cc1Cc1ccc(O)c(O)c1. The van der Waals surface area contributed by atoms with Crippen LogP contribution >= 0.6 is 0 Å². The molecule has 4 atom stereocenters. The molecule has 1 aliphatic heterocycles. The highest BCUT2D eigenvalue weighted by Gasteiger charge is 2.38. The zero-order chi connectivity index (χ0) is 25.0. The first-order chi connectivity index (χ1) is 16.0. The van der Waals surface area contributed by atoms with E-state index in [0.29, 0.717) is 6.42 Å². The summed E-state index contributed by atoms with van der Waals surface area (Å²) in [6, 6.07) is 10.7. The third-order valence-corrected chi connectivity index (χ3v) is 5.74. The number of carbonyl (C=O) groups excluding carboxylic acids is 1. The van der Waals surface area contributed by atoms with Gasteiger partial charge in [-0.3, -0.25) is 0 Å². The molecule has 1 saturated heterocycles. The molecule has 0 spiro atoms.